The van der Waals surface area contributed by atoms with E-state index in [1.165, 1.54) is 58.7 Å². The summed E-state index contributed by atoms with van der Waals surface area (Å²) in [5, 5.41) is 6.05. The predicted octanol–water partition coefficient (Wildman–Crippen LogP) is 8.92. The molecule has 0 bridgehead atoms. The van der Waals surface area contributed by atoms with E-state index in [9.17, 15) is 0 Å². The van der Waals surface area contributed by atoms with Gasteiger partial charge < -0.3 is 0 Å². The van der Waals surface area contributed by atoms with Crippen molar-refractivity contribution in [2.75, 3.05) is 0 Å². The summed E-state index contributed by atoms with van der Waals surface area (Å²) in [6.07, 6.45) is 9.81. The van der Waals surface area contributed by atoms with E-state index in [0.29, 0.717) is 11.8 Å². The predicted molar refractivity (Wildman–Crippen MR) is 149 cm³/mol. The van der Waals surface area contributed by atoms with Gasteiger partial charge in [-0.25, -0.2) is 0 Å². The summed E-state index contributed by atoms with van der Waals surface area (Å²) in [7, 11) is 0. The van der Waals surface area contributed by atoms with Crippen LogP contribution >= 0.6 is 0 Å². The molecule has 0 radical (unpaired) electrons. The normalized spacial score (nSPS) is 21.6. The lowest BCUT2D eigenvalue weighted by Crippen LogP contribution is -2.30. The Morgan fingerprint density at radius 1 is 0.600 bits per heavy atom. The second kappa shape index (κ2) is 6.55. The van der Waals surface area contributed by atoms with E-state index in [2.05, 4.69) is 88.4 Å². The van der Waals surface area contributed by atoms with Crippen molar-refractivity contribution >= 4 is 33.7 Å². The Balaban J connectivity index is 1.33. The highest BCUT2D eigenvalue weighted by Gasteiger charge is 2.46. The molecule has 0 fully saturated rings. The van der Waals surface area contributed by atoms with Gasteiger partial charge in [0.1, 0.15) is 0 Å². The van der Waals surface area contributed by atoms with E-state index >= 15 is 0 Å². The summed E-state index contributed by atoms with van der Waals surface area (Å²) in [5.74, 6) is 0.884. The van der Waals surface area contributed by atoms with Crippen LogP contribution in [0.2, 0.25) is 0 Å². The van der Waals surface area contributed by atoms with E-state index < -0.39 is 0 Å². The van der Waals surface area contributed by atoms with Crippen LogP contribution in [-0.4, -0.2) is 0 Å². The van der Waals surface area contributed by atoms with Gasteiger partial charge in [0.25, 0.3) is 0 Å². The van der Waals surface area contributed by atoms with Crippen LogP contribution in [0.25, 0.3) is 33.7 Å². The van der Waals surface area contributed by atoms with Crippen LogP contribution in [0.5, 0.6) is 0 Å². The van der Waals surface area contributed by atoms with Gasteiger partial charge >= 0.3 is 0 Å². The van der Waals surface area contributed by atoms with Gasteiger partial charge in [0.05, 0.1) is 0 Å². The molecule has 0 saturated heterocycles. The second-order valence-corrected chi connectivity index (χ2v) is 12.2. The summed E-state index contributed by atoms with van der Waals surface area (Å²) >= 11 is 0. The lowest BCUT2D eigenvalue weighted by atomic mass is 9.62. The Morgan fingerprint density at radius 2 is 1.03 bits per heavy atom. The van der Waals surface area contributed by atoms with Crippen molar-refractivity contribution in [3.8, 4) is 0 Å². The molecule has 2 atom stereocenters. The first-order valence-electron chi connectivity index (χ1n) is 13.4. The molecule has 0 heterocycles. The van der Waals surface area contributed by atoms with Gasteiger partial charge in [-0.2, -0.15) is 0 Å². The highest BCUT2D eigenvalue weighted by molar-refractivity contribution is 6.01. The first-order valence-corrected chi connectivity index (χ1v) is 13.4. The molecule has 2 unspecified atom stereocenters. The van der Waals surface area contributed by atoms with Crippen LogP contribution in [0.3, 0.4) is 0 Å². The molecule has 0 nitrogen and oxygen atoms in total. The molecule has 4 aromatic rings. The molecule has 0 N–H and O–H groups in total. The number of hydrogen-bond donors (Lipinski definition) is 0. The minimum atomic E-state index is 0.0882. The molecule has 4 aliphatic carbocycles. The van der Waals surface area contributed by atoms with Crippen molar-refractivity contribution in [3.63, 3.8) is 0 Å². The van der Waals surface area contributed by atoms with Gasteiger partial charge in [-0.3, -0.25) is 0 Å². The maximum Gasteiger partial charge on any atom is 0.0115 e. The maximum absolute atomic E-state index is 2.59. The Hall–Kier alpha value is -3.12. The largest absolute Gasteiger partial charge is 0.0646 e. The maximum atomic E-state index is 2.59. The van der Waals surface area contributed by atoms with Gasteiger partial charge in [0.15, 0.2) is 0 Å². The fourth-order valence-corrected chi connectivity index (χ4v) is 8.80. The van der Waals surface area contributed by atoms with Crippen LogP contribution in [0, 0.1) is 5.41 Å². The highest BCUT2D eigenvalue weighted by Crippen LogP contribution is 2.60. The van der Waals surface area contributed by atoms with Gasteiger partial charge in [-0.15, -0.1) is 0 Å². The molecule has 0 saturated carbocycles. The molecule has 0 aliphatic heterocycles. The van der Waals surface area contributed by atoms with Crippen molar-refractivity contribution in [1.29, 1.82) is 0 Å². The first-order chi connectivity index (χ1) is 16.9. The van der Waals surface area contributed by atoms with Crippen molar-refractivity contribution in [3.05, 3.63) is 104 Å². The quantitative estimate of drug-likeness (QED) is 0.285. The van der Waals surface area contributed by atoms with Crippen molar-refractivity contribution < 1.29 is 0 Å². The fourth-order valence-electron chi connectivity index (χ4n) is 8.80. The molecule has 0 heteroatoms. The van der Waals surface area contributed by atoms with Crippen molar-refractivity contribution in [2.45, 2.75) is 65.2 Å². The number of benzene rings is 4. The zero-order valence-electron chi connectivity index (χ0n) is 21.3. The zero-order valence-corrected chi connectivity index (χ0v) is 21.3. The average molecular weight is 453 g/mol. The SMILES string of the molecule is CC1=Cc2c(cc3c4c(cccc24)CC3)C1C(C)(C)C1C(C)=Cc2c1cc1c3c(cccc23)CC1. The minimum Gasteiger partial charge on any atom is -0.0646 e. The summed E-state index contributed by atoms with van der Waals surface area (Å²) < 4.78 is 0. The lowest BCUT2D eigenvalue weighted by Gasteiger charge is -2.41. The Morgan fingerprint density at radius 3 is 1.49 bits per heavy atom. The molecule has 8 rings (SSSR count). The van der Waals surface area contributed by atoms with Gasteiger partial charge in [0, 0.05) is 11.8 Å². The summed E-state index contributed by atoms with van der Waals surface area (Å²) in [4.78, 5) is 0. The van der Waals surface area contributed by atoms with E-state index in [0.717, 1.165) is 0 Å². The third kappa shape index (κ3) is 2.43. The Kier molecular flexibility index (Phi) is 3.76. The van der Waals surface area contributed by atoms with Crippen molar-refractivity contribution in [1.82, 2.24) is 0 Å². The number of aryl methyl sites for hydroxylation is 4. The monoisotopic (exact) mass is 452 g/mol. The topological polar surface area (TPSA) is 0 Å². The van der Waals surface area contributed by atoms with Crippen LogP contribution in [0.1, 0.15) is 84.0 Å². The van der Waals surface area contributed by atoms with E-state index in [-0.39, 0.29) is 5.41 Å². The van der Waals surface area contributed by atoms with Gasteiger partial charge in [-0.1, -0.05) is 85.7 Å². The summed E-state index contributed by atoms with van der Waals surface area (Å²) in [6, 6.07) is 19.1. The molecule has 4 aliphatic rings. The third-order valence-electron chi connectivity index (χ3n) is 9.90. The van der Waals surface area contributed by atoms with E-state index in [1.807, 2.05) is 0 Å². The molecule has 0 spiro atoms. The van der Waals surface area contributed by atoms with Gasteiger partial charge in [-0.05, 0) is 111 Å². The van der Waals surface area contributed by atoms with Crippen molar-refractivity contribution in [2.24, 2.45) is 5.41 Å². The standard InChI is InChI=1S/C35H32/c1-19-15-27-25-9-5-7-21-11-13-23(31(21)25)17-29(27)33(19)35(3,4)34-20(2)16-28-26-10-6-8-22-12-14-24(32(22)26)18-30(28)34/h5-10,15-18,33-34H,11-14H2,1-4H3. The van der Waals surface area contributed by atoms with Crippen LogP contribution < -0.4 is 0 Å². The average Bonchev–Trinajstić information content (AvgIpc) is 3.59. The van der Waals surface area contributed by atoms with Gasteiger partial charge in [0.2, 0.25) is 0 Å². The number of allylic oxidation sites excluding steroid dienone is 2. The smallest absolute Gasteiger partial charge is 0.0115 e. The fraction of sp³-hybridized carbons (Fsp3) is 0.314. The van der Waals surface area contributed by atoms with Crippen LogP contribution in [0.4, 0.5) is 0 Å². The second-order valence-electron chi connectivity index (χ2n) is 12.2. The Labute approximate surface area is 208 Å². The summed E-state index contributed by atoms with van der Waals surface area (Å²) in [5.41, 5.74) is 15.5. The molecule has 0 amide bonds. The minimum absolute atomic E-state index is 0.0882. The lowest BCUT2D eigenvalue weighted by molar-refractivity contribution is 0.275. The molecular weight excluding hydrogens is 420 g/mol. The first kappa shape index (κ1) is 20.1. The molecule has 0 aromatic heterocycles. The molecule has 172 valence electrons. The van der Waals surface area contributed by atoms with E-state index in [1.54, 1.807) is 44.2 Å². The zero-order chi connectivity index (χ0) is 23.6. The molecule has 4 aromatic carbocycles. The third-order valence-corrected chi connectivity index (χ3v) is 9.90. The molecule has 35 heavy (non-hydrogen) atoms. The van der Waals surface area contributed by atoms with Crippen LogP contribution in [-0.2, 0) is 25.7 Å². The van der Waals surface area contributed by atoms with E-state index in [4.69, 9.17) is 0 Å². The highest BCUT2D eigenvalue weighted by atomic mass is 14.5. The summed E-state index contributed by atoms with van der Waals surface area (Å²) in [6.45, 7) is 9.85. The van der Waals surface area contributed by atoms with Crippen LogP contribution in [0.15, 0.2) is 59.7 Å². The molecular formula is C35H32. The number of rotatable bonds is 2. The Bertz CT molecular complexity index is 1560. The number of fused-ring (bicyclic) bond motifs is 4. The number of hydrogen-bond acceptors (Lipinski definition) is 0.